The molecule has 1 aromatic rings. The van der Waals surface area contributed by atoms with E-state index in [0.717, 1.165) is 31.6 Å². The summed E-state index contributed by atoms with van der Waals surface area (Å²) in [6.45, 7) is 5.07. The van der Waals surface area contributed by atoms with Crippen molar-refractivity contribution in [2.75, 3.05) is 31.6 Å². The number of benzene rings is 1. The molecule has 1 saturated heterocycles. The van der Waals surface area contributed by atoms with E-state index in [0.29, 0.717) is 18.0 Å². The summed E-state index contributed by atoms with van der Waals surface area (Å²) in [7, 11) is 1.82. The highest BCUT2D eigenvalue weighted by molar-refractivity contribution is 5.76. The van der Waals surface area contributed by atoms with Crippen molar-refractivity contribution in [2.45, 2.75) is 51.2 Å². The summed E-state index contributed by atoms with van der Waals surface area (Å²) in [5.74, 6) is -1.65. The summed E-state index contributed by atoms with van der Waals surface area (Å²) >= 11 is 0. The second-order valence-corrected chi connectivity index (χ2v) is 8.80. The Balaban J connectivity index is 1.48. The molecule has 0 aromatic heterocycles. The minimum absolute atomic E-state index is 0.0787. The van der Waals surface area contributed by atoms with Gasteiger partial charge < -0.3 is 25.0 Å². The first kappa shape index (κ1) is 23.8. The van der Waals surface area contributed by atoms with E-state index >= 15 is 0 Å². The molecule has 3 N–H and O–H groups in total. The Morgan fingerprint density at radius 3 is 2.78 bits per heavy atom. The molecule has 0 spiro atoms. The van der Waals surface area contributed by atoms with Gasteiger partial charge in [0.1, 0.15) is 30.5 Å². The molecule has 1 unspecified atom stereocenters. The molecule has 3 rings (SSSR count). The first-order valence-corrected chi connectivity index (χ1v) is 10.8. The zero-order valence-corrected chi connectivity index (χ0v) is 18.7. The number of hydrogen-bond donors (Lipinski definition) is 3. The SMILES string of the molecule is CN1C=NNC1[C@@H](CC(=O)NCC1CCN(c2ccc(F)cc2C#N)CC1)OC(C)(C)O. The van der Waals surface area contributed by atoms with Crippen LogP contribution < -0.4 is 15.6 Å². The van der Waals surface area contributed by atoms with Gasteiger partial charge in [0.15, 0.2) is 5.79 Å². The third-order valence-corrected chi connectivity index (χ3v) is 5.69. The number of anilines is 1. The molecule has 9 nitrogen and oxygen atoms in total. The molecule has 0 radical (unpaired) electrons. The zero-order chi connectivity index (χ0) is 23.3. The van der Waals surface area contributed by atoms with Gasteiger partial charge in [-0.3, -0.25) is 10.2 Å². The number of nitrogens with one attached hydrogen (secondary N) is 2. The first-order valence-electron chi connectivity index (χ1n) is 10.8. The fourth-order valence-corrected chi connectivity index (χ4v) is 4.06. The third kappa shape index (κ3) is 6.31. The Hall–Kier alpha value is -2.90. The average Bonchev–Trinajstić information content (AvgIpc) is 3.17. The second-order valence-electron chi connectivity index (χ2n) is 8.80. The third-order valence-electron chi connectivity index (χ3n) is 5.69. The number of aliphatic hydroxyl groups is 1. The zero-order valence-electron chi connectivity index (χ0n) is 18.7. The van der Waals surface area contributed by atoms with Crippen LogP contribution in [-0.4, -0.2) is 67.0 Å². The number of halogens is 1. The molecule has 10 heteroatoms. The van der Waals surface area contributed by atoms with E-state index < -0.39 is 17.7 Å². The number of carbonyl (C=O) groups excluding carboxylic acids is 1. The lowest BCUT2D eigenvalue weighted by Crippen LogP contribution is -2.50. The lowest BCUT2D eigenvalue weighted by atomic mass is 9.95. The number of ether oxygens (including phenoxy) is 1. The molecule has 0 aliphatic carbocycles. The molecule has 174 valence electrons. The van der Waals surface area contributed by atoms with Gasteiger partial charge in [-0.2, -0.15) is 10.4 Å². The number of nitriles is 1. The van der Waals surface area contributed by atoms with Crippen LogP contribution in [0.3, 0.4) is 0 Å². The van der Waals surface area contributed by atoms with Gasteiger partial charge in [-0.25, -0.2) is 4.39 Å². The van der Waals surface area contributed by atoms with Gasteiger partial charge in [-0.15, -0.1) is 0 Å². The van der Waals surface area contributed by atoms with Crippen LogP contribution in [0.4, 0.5) is 10.1 Å². The topological polar surface area (TPSA) is 113 Å². The normalized spacial score (nSPS) is 20.1. The number of piperidine rings is 1. The summed E-state index contributed by atoms with van der Waals surface area (Å²) in [6, 6.07) is 6.34. The number of hydrogen-bond acceptors (Lipinski definition) is 8. The van der Waals surface area contributed by atoms with E-state index in [9.17, 15) is 19.6 Å². The Labute approximate surface area is 187 Å². The van der Waals surface area contributed by atoms with Crippen LogP contribution in [0.2, 0.25) is 0 Å². The Morgan fingerprint density at radius 2 is 2.19 bits per heavy atom. The van der Waals surface area contributed by atoms with E-state index in [1.165, 1.54) is 26.0 Å². The standard InChI is InChI=1S/C22H31FN6O3/c1-22(2,31)32-19(21-27-26-14-28(21)3)11-20(30)25-13-15-6-8-29(9-7-15)18-5-4-17(23)10-16(18)12-24/h4-5,10,14-15,19,21,27,31H,6-9,11,13H2,1-3H3,(H,25,30)/t19-,21?/m1/s1. The van der Waals surface area contributed by atoms with E-state index in [1.807, 2.05) is 7.05 Å². The van der Waals surface area contributed by atoms with E-state index in [2.05, 4.69) is 26.8 Å². The summed E-state index contributed by atoms with van der Waals surface area (Å²) in [4.78, 5) is 16.5. The van der Waals surface area contributed by atoms with Crippen LogP contribution in [0.15, 0.2) is 23.3 Å². The van der Waals surface area contributed by atoms with Crippen LogP contribution in [0.5, 0.6) is 0 Å². The van der Waals surface area contributed by atoms with Crippen LogP contribution in [0.1, 0.15) is 38.7 Å². The van der Waals surface area contributed by atoms with Crippen molar-refractivity contribution in [1.29, 1.82) is 5.26 Å². The number of nitrogens with zero attached hydrogens (tertiary/aromatic N) is 4. The number of amides is 1. The number of likely N-dealkylation sites (N-methyl/N-ethyl adjacent to an activating group) is 1. The van der Waals surface area contributed by atoms with Gasteiger partial charge in [0.05, 0.1) is 17.7 Å². The van der Waals surface area contributed by atoms with Gasteiger partial charge in [0.2, 0.25) is 5.91 Å². The Kier molecular flexibility index (Phi) is 7.53. The molecule has 0 saturated carbocycles. The van der Waals surface area contributed by atoms with Gasteiger partial charge in [-0.05, 0) is 50.8 Å². The van der Waals surface area contributed by atoms with Crippen molar-refractivity contribution in [3.05, 3.63) is 29.6 Å². The number of hydrazone groups is 1. The predicted octanol–water partition coefficient (Wildman–Crippen LogP) is 1.34. The molecule has 2 heterocycles. The minimum atomic E-state index is -1.38. The number of rotatable bonds is 8. The fraction of sp³-hybridized carbons (Fsp3) is 0.591. The van der Waals surface area contributed by atoms with Crippen molar-refractivity contribution >= 4 is 17.9 Å². The van der Waals surface area contributed by atoms with Crippen molar-refractivity contribution in [2.24, 2.45) is 11.0 Å². The lowest BCUT2D eigenvalue weighted by molar-refractivity contribution is -0.217. The molecule has 2 aliphatic rings. The monoisotopic (exact) mass is 446 g/mol. The molecule has 1 fully saturated rings. The fourth-order valence-electron chi connectivity index (χ4n) is 4.06. The van der Waals surface area contributed by atoms with Crippen molar-refractivity contribution in [3.8, 4) is 6.07 Å². The Bertz CT molecular complexity index is 873. The maximum absolute atomic E-state index is 13.4. The highest BCUT2D eigenvalue weighted by atomic mass is 19.1. The highest BCUT2D eigenvalue weighted by Gasteiger charge is 2.34. The molecule has 2 atom stereocenters. The smallest absolute Gasteiger partial charge is 0.222 e. The Morgan fingerprint density at radius 1 is 1.47 bits per heavy atom. The van der Waals surface area contributed by atoms with Crippen LogP contribution in [0, 0.1) is 23.1 Å². The van der Waals surface area contributed by atoms with Gasteiger partial charge in [0.25, 0.3) is 0 Å². The number of carbonyl (C=O) groups is 1. The van der Waals surface area contributed by atoms with Crippen LogP contribution in [-0.2, 0) is 9.53 Å². The van der Waals surface area contributed by atoms with E-state index in [-0.39, 0.29) is 18.5 Å². The van der Waals surface area contributed by atoms with Crippen molar-refractivity contribution in [3.63, 3.8) is 0 Å². The van der Waals surface area contributed by atoms with Gasteiger partial charge >= 0.3 is 0 Å². The van der Waals surface area contributed by atoms with Crippen LogP contribution in [0.25, 0.3) is 0 Å². The maximum atomic E-state index is 13.4. The molecule has 1 aromatic carbocycles. The maximum Gasteiger partial charge on any atom is 0.222 e. The molecule has 2 aliphatic heterocycles. The quantitative estimate of drug-likeness (QED) is 0.517. The summed E-state index contributed by atoms with van der Waals surface area (Å²) in [5, 5.41) is 26.3. The molecule has 32 heavy (non-hydrogen) atoms. The second kappa shape index (κ2) is 10.1. The van der Waals surface area contributed by atoms with Crippen molar-refractivity contribution < 1.29 is 19.0 Å². The van der Waals surface area contributed by atoms with Crippen molar-refractivity contribution in [1.82, 2.24) is 15.6 Å². The lowest BCUT2D eigenvalue weighted by Gasteiger charge is -2.34. The minimum Gasteiger partial charge on any atom is -0.370 e. The largest absolute Gasteiger partial charge is 0.370 e. The van der Waals surface area contributed by atoms with E-state index in [4.69, 9.17) is 4.74 Å². The molecular formula is C22H31FN6O3. The predicted molar refractivity (Wildman–Crippen MR) is 118 cm³/mol. The van der Waals surface area contributed by atoms with Gasteiger partial charge in [-0.1, -0.05) is 0 Å². The summed E-state index contributed by atoms with van der Waals surface area (Å²) in [6.07, 6.45) is 2.46. The first-order chi connectivity index (χ1) is 15.2. The summed E-state index contributed by atoms with van der Waals surface area (Å²) in [5.41, 5.74) is 3.99. The van der Waals surface area contributed by atoms with E-state index in [1.54, 1.807) is 17.3 Å². The average molecular weight is 447 g/mol. The molecular weight excluding hydrogens is 415 g/mol. The molecule has 1 amide bonds. The van der Waals surface area contributed by atoms with Gasteiger partial charge in [0, 0.05) is 26.7 Å². The highest BCUT2D eigenvalue weighted by Crippen LogP contribution is 2.26. The summed E-state index contributed by atoms with van der Waals surface area (Å²) < 4.78 is 19.1. The molecule has 0 bridgehead atoms. The van der Waals surface area contributed by atoms with Crippen LogP contribution >= 0.6 is 0 Å².